The number of fused-ring (bicyclic) bond motifs is 3. The number of phenols is 1. The van der Waals surface area contributed by atoms with Crippen molar-refractivity contribution in [3.63, 3.8) is 0 Å². The van der Waals surface area contributed by atoms with Crippen LogP contribution in [-0.4, -0.2) is 44.5 Å². The number of unbranched alkanes of at least 4 members (excludes halogenated alkanes) is 2. The van der Waals surface area contributed by atoms with Crippen molar-refractivity contribution in [1.29, 1.82) is 0 Å². The van der Waals surface area contributed by atoms with E-state index in [1.807, 2.05) is 72.8 Å². The molecule has 0 saturated carbocycles. The quantitative estimate of drug-likeness (QED) is 0.0530. The third-order valence-electron chi connectivity index (χ3n) is 9.91. The second kappa shape index (κ2) is 16.8. The van der Waals surface area contributed by atoms with Crippen molar-refractivity contribution in [2.75, 3.05) is 11.9 Å². The van der Waals surface area contributed by atoms with Crippen LogP contribution < -0.4 is 20.8 Å². The molecule has 0 bridgehead atoms. The number of nitrogens with one attached hydrogen (secondary N) is 3. The molecule has 0 radical (unpaired) electrons. The smallest absolute Gasteiger partial charge is 0.336 e. The Kier molecular flexibility index (Phi) is 10.9. The van der Waals surface area contributed by atoms with Crippen LogP contribution in [0.5, 0.6) is 17.2 Å². The molecule has 12 nitrogen and oxygen atoms in total. The lowest BCUT2D eigenvalue weighted by Gasteiger charge is -2.17. The van der Waals surface area contributed by atoms with Gasteiger partial charge in [-0.15, -0.1) is 0 Å². The molecular formula is C47H38N4O8. The van der Waals surface area contributed by atoms with E-state index in [0.717, 1.165) is 33.9 Å². The molecule has 8 rings (SSSR count). The average molecular weight is 787 g/mol. The molecule has 0 unspecified atom stereocenters. The Labute approximate surface area is 337 Å². The van der Waals surface area contributed by atoms with Crippen LogP contribution in [0.15, 0.2) is 137 Å². The number of para-hydroxylation sites is 1. The first kappa shape index (κ1) is 38.2. The zero-order chi connectivity index (χ0) is 40.9. The molecule has 1 aliphatic heterocycles. The highest BCUT2D eigenvalue weighted by atomic mass is 16.5. The van der Waals surface area contributed by atoms with Crippen LogP contribution in [0.2, 0.25) is 0 Å². The molecule has 0 spiro atoms. The molecule has 1 aromatic heterocycles. The lowest BCUT2D eigenvalue weighted by molar-refractivity contribution is -0.116. The van der Waals surface area contributed by atoms with Crippen LogP contribution in [0.25, 0.3) is 44.5 Å². The fraction of sp³-hybridized carbons (Fsp3) is 0.128. The molecule has 12 heteroatoms. The number of hydrogen-bond acceptors (Lipinski definition) is 8. The van der Waals surface area contributed by atoms with Crippen molar-refractivity contribution in [1.82, 2.24) is 15.3 Å². The molecule has 0 fully saturated rings. The minimum absolute atomic E-state index is 0.0466. The number of benzene rings is 6. The maximum Gasteiger partial charge on any atom is 0.336 e. The normalized spacial score (nSPS) is 11.2. The Bertz CT molecular complexity index is 2870. The van der Waals surface area contributed by atoms with Gasteiger partial charge < -0.3 is 35.0 Å². The third-order valence-corrected chi connectivity index (χ3v) is 9.91. The van der Waals surface area contributed by atoms with Crippen molar-refractivity contribution in [3.8, 4) is 39.7 Å². The lowest BCUT2D eigenvalue weighted by Crippen LogP contribution is -2.24. The number of aromatic nitrogens is 2. The second-order valence-corrected chi connectivity index (χ2v) is 14.1. The summed E-state index contributed by atoms with van der Waals surface area (Å²) >= 11 is 0. The number of aromatic hydroxyl groups is 1. The number of imidazole rings is 1. The number of rotatable bonds is 14. The minimum atomic E-state index is -1.20. The lowest BCUT2D eigenvalue weighted by atomic mass is 9.89. The number of ether oxygens (including phenoxy) is 1. The summed E-state index contributed by atoms with van der Waals surface area (Å²) in [6.45, 7) is 0.349. The Morgan fingerprint density at radius 2 is 1.59 bits per heavy atom. The number of carbonyl (C=O) groups is 3. The van der Waals surface area contributed by atoms with Crippen LogP contribution in [0.4, 0.5) is 5.69 Å². The highest BCUT2D eigenvalue weighted by Crippen LogP contribution is 2.42. The first-order valence-corrected chi connectivity index (χ1v) is 19.1. The predicted molar refractivity (Wildman–Crippen MR) is 224 cm³/mol. The molecule has 2 amide bonds. The molecule has 59 heavy (non-hydrogen) atoms. The molecule has 294 valence electrons. The molecule has 5 aromatic carbocycles. The molecule has 2 heterocycles. The Balaban J connectivity index is 0.835. The van der Waals surface area contributed by atoms with Crippen LogP contribution in [0.3, 0.4) is 0 Å². The molecule has 0 atom stereocenters. The van der Waals surface area contributed by atoms with Crippen molar-refractivity contribution >= 4 is 45.5 Å². The second-order valence-electron chi connectivity index (χ2n) is 14.1. The first-order chi connectivity index (χ1) is 28.7. The Morgan fingerprint density at radius 3 is 2.41 bits per heavy atom. The van der Waals surface area contributed by atoms with E-state index in [2.05, 4.69) is 15.6 Å². The predicted octanol–water partition coefficient (Wildman–Crippen LogP) is 9.16. The van der Waals surface area contributed by atoms with Gasteiger partial charge in [0.2, 0.25) is 5.91 Å². The van der Waals surface area contributed by atoms with Gasteiger partial charge in [0.15, 0.2) is 5.43 Å². The van der Waals surface area contributed by atoms with Crippen molar-refractivity contribution < 1.29 is 33.8 Å². The van der Waals surface area contributed by atoms with E-state index in [0.29, 0.717) is 60.8 Å². The summed E-state index contributed by atoms with van der Waals surface area (Å²) < 4.78 is 11.8. The minimum Gasteiger partial charge on any atom is -0.508 e. The number of carboxylic acids is 1. The number of H-pyrrole nitrogens is 1. The summed E-state index contributed by atoms with van der Waals surface area (Å²) in [6, 6.07) is 36.1. The number of carboxylic acid groups (broad SMARTS) is 1. The largest absolute Gasteiger partial charge is 0.508 e. The number of aromatic carboxylic acids is 1. The van der Waals surface area contributed by atoms with E-state index in [1.165, 1.54) is 42.5 Å². The van der Waals surface area contributed by atoms with Gasteiger partial charge in [0.05, 0.1) is 16.6 Å². The summed E-state index contributed by atoms with van der Waals surface area (Å²) in [6.07, 6.45) is 2.84. The molecule has 1 aliphatic carbocycles. The monoisotopic (exact) mass is 786 g/mol. The van der Waals surface area contributed by atoms with Gasteiger partial charge in [0.25, 0.3) is 5.91 Å². The van der Waals surface area contributed by atoms with E-state index < -0.39 is 11.9 Å². The van der Waals surface area contributed by atoms with Crippen molar-refractivity contribution in [2.24, 2.45) is 0 Å². The van der Waals surface area contributed by atoms with E-state index in [1.54, 1.807) is 12.1 Å². The molecule has 6 aromatic rings. The number of nitrogens with zero attached hydrogens (tertiary/aromatic N) is 1. The fourth-order valence-corrected chi connectivity index (χ4v) is 7.06. The molecular weight excluding hydrogens is 749 g/mol. The van der Waals surface area contributed by atoms with Crippen LogP contribution in [0.1, 0.15) is 57.8 Å². The highest BCUT2D eigenvalue weighted by molar-refractivity contribution is 6.09. The van der Waals surface area contributed by atoms with Gasteiger partial charge in [0, 0.05) is 59.3 Å². The van der Waals surface area contributed by atoms with E-state index in [-0.39, 0.29) is 45.1 Å². The fourth-order valence-electron chi connectivity index (χ4n) is 7.06. The van der Waals surface area contributed by atoms with Crippen molar-refractivity contribution in [2.45, 2.75) is 32.1 Å². The number of hydrogen-bond donors (Lipinski definition) is 5. The number of anilines is 1. The summed E-state index contributed by atoms with van der Waals surface area (Å²) in [4.78, 5) is 58.7. The van der Waals surface area contributed by atoms with Gasteiger partial charge in [-0.25, -0.2) is 9.78 Å². The number of aromatic amines is 1. The van der Waals surface area contributed by atoms with Gasteiger partial charge in [-0.2, -0.15) is 0 Å². The maximum absolute atomic E-state index is 13.3. The van der Waals surface area contributed by atoms with Gasteiger partial charge in [-0.05, 0) is 109 Å². The van der Waals surface area contributed by atoms with E-state index in [9.17, 15) is 29.4 Å². The summed E-state index contributed by atoms with van der Waals surface area (Å²) in [5, 5.41) is 26.6. The van der Waals surface area contributed by atoms with Crippen molar-refractivity contribution in [3.05, 3.63) is 160 Å². The average Bonchev–Trinajstić information content (AvgIpc) is 3.63. The van der Waals surface area contributed by atoms with Crippen LogP contribution >= 0.6 is 0 Å². The third kappa shape index (κ3) is 8.82. The standard InChI is InChI=1S/C47H38N4O8/c52-31-14-19-36-41(26-31)59-42-27-32(53)15-20-37(42)45(36)38-24-29(12-18-35(38)47(56)57)46(55)48-22-6-2-5-9-44(54)49-30-13-21-39-40(25-30)51-43(50-39)23-28-10-16-34(17-11-28)58-33-7-3-1-4-8-33/h1,3-4,7-8,10-21,24-27,52H,2,5-6,9,22-23H2,(H,48,55)(H,49,54)(H,50,51)(H,56,57). The number of carbonyl (C=O) groups excluding carboxylic acids is 2. The van der Waals surface area contributed by atoms with Gasteiger partial charge in [-0.1, -0.05) is 36.8 Å². The van der Waals surface area contributed by atoms with Crippen LogP contribution in [-0.2, 0) is 11.2 Å². The zero-order valence-corrected chi connectivity index (χ0v) is 31.7. The zero-order valence-electron chi connectivity index (χ0n) is 31.7. The summed E-state index contributed by atoms with van der Waals surface area (Å²) in [5.41, 5.74) is 4.69. The molecule has 2 aliphatic rings. The molecule has 0 saturated heterocycles. The number of phenolic OH excluding ortho intramolecular Hbond substituents is 1. The van der Waals surface area contributed by atoms with E-state index >= 15 is 0 Å². The van der Waals surface area contributed by atoms with E-state index in [4.69, 9.17) is 14.1 Å². The number of amides is 2. The first-order valence-electron chi connectivity index (χ1n) is 19.1. The summed E-state index contributed by atoms with van der Waals surface area (Å²) in [5.74, 6) is 0.774. The topological polar surface area (TPSA) is 184 Å². The SMILES string of the molecule is O=C(CCCCCNC(=O)c1ccc(C(=O)O)c(-c2c3ccc(=O)cc-3oc3cc(O)ccc23)c1)Nc1ccc2[nH]c(Cc3ccc(Oc4ccccc4)cc3)nc2c1. The van der Waals surface area contributed by atoms with Gasteiger partial charge in [-0.3, -0.25) is 14.4 Å². The molecule has 5 N–H and O–H groups in total. The maximum atomic E-state index is 13.3. The Morgan fingerprint density at radius 1 is 0.780 bits per heavy atom. The van der Waals surface area contributed by atoms with Gasteiger partial charge in [0.1, 0.15) is 34.4 Å². The summed E-state index contributed by atoms with van der Waals surface area (Å²) in [7, 11) is 0. The Hall–Kier alpha value is -7.73. The highest BCUT2D eigenvalue weighted by Gasteiger charge is 2.23. The van der Waals surface area contributed by atoms with Gasteiger partial charge >= 0.3 is 5.97 Å². The van der Waals surface area contributed by atoms with Crippen LogP contribution in [0, 0.1) is 0 Å².